The third-order valence-electron chi connectivity index (χ3n) is 4.98. The molecule has 2 aromatic rings. The van der Waals surface area contributed by atoms with E-state index in [0.29, 0.717) is 39.1 Å². The van der Waals surface area contributed by atoms with Crippen molar-refractivity contribution in [1.82, 2.24) is 19.7 Å². The standard InChI is InChI=1S/C20H28N4O2/c1-3-9-21-20(26)24-11-6-10-23(12-13-24)19(25)14-16-15-22(2)18-8-5-4-7-17(16)18/h4-5,7-8,15H,3,6,9-14H2,1-2H3,(H,21,26). The van der Waals surface area contributed by atoms with Crippen molar-refractivity contribution in [1.29, 1.82) is 0 Å². The molecule has 0 atom stereocenters. The van der Waals surface area contributed by atoms with E-state index in [1.165, 1.54) is 0 Å². The molecule has 1 saturated heterocycles. The number of benzene rings is 1. The summed E-state index contributed by atoms with van der Waals surface area (Å²) in [5, 5.41) is 4.06. The zero-order valence-electron chi connectivity index (χ0n) is 15.7. The van der Waals surface area contributed by atoms with Gasteiger partial charge in [-0.2, -0.15) is 0 Å². The van der Waals surface area contributed by atoms with E-state index < -0.39 is 0 Å². The highest BCUT2D eigenvalue weighted by molar-refractivity contribution is 5.89. The molecule has 6 heteroatoms. The van der Waals surface area contributed by atoms with E-state index >= 15 is 0 Å². The maximum atomic E-state index is 12.8. The molecule has 26 heavy (non-hydrogen) atoms. The summed E-state index contributed by atoms with van der Waals surface area (Å²) in [7, 11) is 2.01. The van der Waals surface area contributed by atoms with E-state index in [1.54, 1.807) is 0 Å². The van der Waals surface area contributed by atoms with Gasteiger partial charge in [-0.15, -0.1) is 0 Å². The first-order valence-electron chi connectivity index (χ1n) is 9.43. The average Bonchev–Trinajstić information content (AvgIpc) is 2.83. The van der Waals surface area contributed by atoms with Gasteiger partial charge in [0.05, 0.1) is 6.42 Å². The van der Waals surface area contributed by atoms with Crippen molar-refractivity contribution >= 4 is 22.8 Å². The maximum absolute atomic E-state index is 12.8. The second-order valence-corrected chi connectivity index (χ2v) is 6.91. The van der Waals surface area contributed by atoms with Gasteiger partial charge in [-0.1, -0.05) is 25.1 Å². The van der Waals surface area contributed by atoms with Crippen LogP contribution in [0.4, 0.5) is 4.79 Å². The second kappa shape index (κ2) is 8.25. The summed E-state index contributed by atoms with van der Waals surface area (Å²) in [5.74, 6) is 0.136. The Morgan fingerprint density at radius 1 is 1.08 bits per heavy atom. The minimum Gasteiger partial charge on any atom is -0.350 e. The van der Waals surface area contributed by atoms with Gasteiger partial charge >= 0.3 is 6.03 Å². The maximum Gasteiger partial charge on any atom is 0.317 e. The lowest BCUT2D eigenvalue weighted by Crippen LogP contribution is -2.43. The number of carbonyl (C=O) groups is 2. The Morgan fingerprint density at radius 2 is 1.81 bits per heavy atom. The number of nitrogens with one attached hydrogen (secondary N) is 1. The van der Waals surface area contributed by atoms with Crippen molar-refractivity contribution in [3.05, 3.63) is 36.0 Å². The molecule has 3 rings (SSSR count). The Bertz CT molecular complexity index is 783. The summed E-state index contributed by atoms with van der Waals surface area (Å²) in [4.78, 5) is 28.7. The molecule has 140 valence electrons. The summed E-state index contributed by atoms with van der Waals surface area (Å²) in [5.41, 5.74) is 2.21. The minimum absolute atomic E-state index is 0.0183. The van der Waals surface area contributed by atoms with Crippen LogP contribution in [0.15, 0.2) is 30.5 Å². The number of aromatic nitrogens is 1. The van der Waals surface area contributed by atoms with Gasteiger partial charge < -0.3 is 19.7 Å². The van der Waals surface area contributed by atoms with Crippen LogP contribution < -0.4 is 5.32 Å². The molecule has 0 bridgehead atoms. The van der Waals surface area contributed by atoms with Crippen molar-refractivity contribution in [3.8, 4) is 0 Å². The lowest BCUT2D eigenvalue weighted by atomic mass is 10.1. The third-order valence-corrected chi connectivity index (χ3v) is 4.98. The third kappa shape index (κ3) is 4.00. The number of urea groups is 1. The number of carbonyl (C=O) groups excluding carboxylic acids is 2. The number of hydrogen-bond acceptors (Lipinski definition) is 2. The number of aryl methyl sites for hydroxylation is 1. The Hall–Kier alpha value is -2.50. The summed E-state index contributed by atoms with van der Waals surface area (Å²) in [6.45, 7) is 5.34. The van der Waals surface area contributed by atoms with Gasteiger partial charge in [-0.3, -0.25) is 4.79 Å². The topological polar surface area (TPSA) is 57.6 Å². The van der Waals surface area contributed by atoms with Crippen LogP contribution in [-0.2, 0) is 18.3 Å². The van der Waals surface area contributed by atoms with Gasteiger partial charge in [0.25, 0.3) is 0 Å². The molecule has 1 aliphatic rings. The van der Waals surface area contributed by atoms with Gasteiger partial charge in [0, 0.05) is 56.9 Å². The largest absolute Gasteiger partial charge is 0.350 e. The van der Waals surface area contributed by atoms with Crippen molar-refractivity contribution in [3.63, 3.8) is 0 Å². The van der Waals surface area contributed by atoms with Crippen molar-refractivity contribution in [2.75, 3.05) is 32.7 Å². The van der Waals surface area contributed by atoms with Crippen LogP contribution in [0.25, 0.3) is 10.9 Å². The molecule has 1 aromatic heterocycles. The van der Waals surface area contributed by atoms with Crippen LogP contribution in [0.1, 0.15) is 25.3 Å². The summed E-state index contributed by atoms with van der Waals surface area (Å²) in [6, 6.07) is 8.15. The molecule has 0 radical (unpaired) electrons. The summed E-state index contributed by atoms with van der Waals surface area (Å²) < 4.78 is 2.07. The molecule has 0 spiro atoms. The molecule has 1 aromatic carbocycles. The van der Waals surface area contributed by atoms with Gasteiger partial charge in [-0.25, -0.2) is 4.79 Å². The lowest BCUT2D eigenvalue weighted by Gasteiger charge is -2.22. The fourth-order valence-electron chi connectivity index (χ4n) is 3.55. The lowest BCUT2D eigenvalue weighted by molar-refractivity contribution is -0.130. The predicted molar refractivity (Wildman–Crippen MR) is 103 cm³/mol. The van der Waals surface area contributed by atoms with Crippen LogP contribution >= 0.6 is 0 Å². The van der Waals surface area contributed by atoms with E-state index in [1.807, 2.05) is 42.1 Å². The minimum atomic E-state index is -0.0183. The van der Waals surface area contributed by atoms with E-state index in [4.69, 9.17) is 0 Å². The van der Waals surface area contributed by atoms with E-state index in [2.05, 4.69) is 22.0 Å². The highest BCUT2D eigenvalue weighted by Gasteiger charge is 2.22. The fraction of sp³-hybridized carbons (Fsp3) is 0.500. The molecule has 0 saturated carbocycles. The van der Waals surface area contributed by atoms with Gasteiger partial charge in [0.1, 0.15) is 0 Å². The molecular weight excluding hydrogens is 328 g/mol. The first-order valence-corrected chi connectivity index (χ1v) is 9.43. The Morgan fingerprint density at radius 3 is 2.62 bits per heavy atom. The monoisotopic (exact) mass is 356 g/mol. The second-order valence-electron chi connectivity index (χ2n) is 6.91. The van der Waals surface area contributed by atoms with Crippen LogP contribution in [0, 0.1) is 0 Å². The van der Waals surface area contributed by atoms with Crippen molar-refractivity contribution in [2.45, 2.75) is 26.2 Å². The Labute approximate surface area is 154 Å². The van der Waals surface area contributed by atoms with Crippen LogP contribution in [-0.4, -0.2) is 59.0 Å². The Kier molecular flexibility index (Phi) is 5.81. The van der Waals surface area contributed by atoms with E-state index in [0.717, 1.165) is 29.3 Å². The number of hydrogen-bond donors (Lipinski definition) is 1. The SMILES string of the molecule is CCCNC(=O)N1CCCN(C(=O)Cc2cn(C)c3ccccc23)CC1. The zero-order valence-corrected chi connectivity index (χ0v) is 15.7. The smallest absolute Gasteiger partial charge is 0.317 e. The molecule has 1 N–H and O–H groups in total. The molecular formula is C20H28N4O2. The summed E-state index contributed by atoms with van der Waals surface area (Å²) >= 11 is 0. The molecule has 0 aliphatic carbocycles. The number of rotatable bonds is 4. The number of amides is 3. The normalized spacial score (nSPS) is 15.2. The number of fused-ring (bicyclic) bond motifs is 1. The molecule has 1 fully saturated rings. The van der Waals surface area contributed by atoms with E-state index in [-0.39, 0.29) is 11.9 Å². The van der Waals surface area contributed by atoms with Crippen LogP contribution in [0.3, 0.4) is 0 Å². The number of para-hydroxylation sites is 1. The van der Waals surface area contributed by atoms with E-state index in [9.17, 15) is 9.59 Å². The molecule has 2 heterocycles. The first kappa shape index (κ1) is 18.3. The quantitative estimate of drug-likeness (QED) is 0.914. The van der Waals surface area contributed by atoms with Crippen LogP contribution in [0.2, 0.25) is 0 Å². The zero-order chi connectivity index (χ0) is 18.5. The van der Waals surface area contributed by atoms with Crippen LogP contribution in [0.5, 0.6) is 0 Å². The molecule has 1 aliphatic heterocycles. The highest BCUT2D eigenvalue weighted by Crippen LogP contribution is 2.21. The fourth-order valence-corrected chi connectivity index (χ4v) is 3.55. The molecule has 0 unspecified atom stereocenters. The predicted octanol–water partition coefficient (Wildman–Crippen LogP) is 2.37. The van der Waals surface area contributed by atoms with Crippen molar-refractivity contribution in [2.24, 2.45) is 7.05 Å². The number of nitrogens with zero attached hydrogens (tertiary/aromatic N) is 3. The van der Waals surface area contributed by atoms with Gasteiger partial charge in [0.15, 0.2) is 0 Å². The Balaban J connectivity index is 1.62. The molecule has 6 nitrogen and oxygen atoms in total. The molecule has 3 amide bonds. The van der Waals surface area contributed by atoms with Gasteiger partial charge in [-0.05, 0) is 24.5 Å². The highest BCUT2D eigenvalue weighted by atomic mass is 16.2. The first-order chi connectivity index (χ1) is 12.6. The average molecular weight is 356 g/mol. The summed E-state index contributed by atoms with van der Waals surface area (Å²) in [6.07, 6.45) is 4.20. The van der Waals surface area contributed by atoms with Crippen molar-refractivity contribution < 1.29 is 9.59 Å². The van der Waals surface area contributed by atoms with Gasteiger partial charge in [0.2, 0.25) is 5.91 Å².